The Morgan fingerprint density at radius 3 is 0.864 bits per heavy atom. The van der Waals surface area contributed by atoms with Gasteiger partial charge in [-0.05, 0) is 12.8 Å². The van der Waals surface area contributed by atoms with Crippen molar-refractivity contribution in [2.45, 2.75) is 50.6 Å². The minimum atomic E-state index is -2.38. The Hall–Kier alpha value is 0.194. The van der Waals surface area contributed by atoms with Gasteiger partial charge in [-0.1, -0.05) is 25.7 Å². The van der Waals surface area contributed by atoms with Crippen LogP contribution >= 0.6 is 0 Å². The molecule has 134 valence electrons. The minimum Gasteiger partial charge on any atom is -0.377 e. The maximum absolute atomic E-state index is 5.41. The Bertz CT molecular complexity index is 217. The molecule has 0 saturated carbocycles. The fourth-order valence-electron chi connectivity index (χ4n) is 2.50. The molecule has 0 aromatic carbocycles. The lowest BCUT2D eigenvalue weighted by molar-refractivity contribution is 0.122. The zero-order chi connectivity index (χ0) is 16.9. The molecular weight excluding hydrogens is 320 g/mol. The third-order valence-electron chi connectivity index (χ3n) is 4.08. The molecule has 0 aromatic heterocycles. The first-order valence-electron chi connectivity index (χ1n) is 7.88. The van der Waals surface area contributed by atoms with Gasteiger partial charge in [0, 0.05) is 54.7 Å². The van der Waals surface area contributed by atoms with Crippen LogP contribution in [0.1, 0.15) is 38.5 Å². The van der Waals surface area contributed by atoms with E-state index in [0.29, 0.717) is 0 Å². The molecule has 0 fully saturated rings. The molecule has 0 aliphatic rings. The predicted molar refractivity (Wildman–Crippen MR) is 90.9 cm³/mol. The molecule has 0 amide bonds. The molecule has 0 saturated heterocycles. The predicted octanol–water partition coefficient (Wildman–Crippen LogP) is 3.08. The van der Waals surface area contributed by atoms with Gasteiger partial charge < -0.3 is 26.6 Å². The normalized spacial score (nSPS) is 12.8. The quantitative estimate of drug-likeness (QED) is 0.333. The molecule has 0 aliphatic heterocycles. The summed E-state index contributed by atoms with van der Waals surface area (Å²) in [4.78, 5) is 0. The van der Waals surface area contributed by atoms with E-state index in [1.807, 2.05) is 0 Å². The maximum Gasteiger partial charge on any atom is 0.500 e. The largest absolute Gasteiger partial charge is 0.500 e. The standard InChI is InChI=1S/C14H34O6Si2/c1-15-21(16-2,17-3)13-11-9-7-8-10-12-14-22(18-4,19-5)20-6/h7-14H2,1-6H3. The highest BCUT2D eigenvalue weighted by Crippen LogP contribution is 2.20. The Labute approximate surface area is 138 Å². The second-order valence-electron chi connectivity index (χ2n) is 5.21. The monoisotopic (exact) mass is 354 g/mol. The van der Waals surface area contributed by atoms with Crippen molar-refractivity contribution in [1.29, 1.82) is 0 Å². The number of hydrogen-bond donors (Lipinski definition) is 0. The lowest BCUT2D eigenvalue weighted by Crippen LogP contribution is -2.42. The summed E-state index contributed by atoms with van der Waals surface area (Å²) >= 11 is 0. The van der Waals surface area contributed by atoms with Crippen LogP contribution in [-0.4, -0.2) is 60.3 Å². The summed E-state index contributed by atoms with van der Waals surface area (Å²) in [7, 11) is 5.23. The Morgan fingerprint density at radius 2 is 0.636 bits per heavy atom. The third-order valence-corrected chi connectivity index (χ3v) is 9.75. The highest BCUT2D eigenvalue weighted by molar-refractivity contribution is 6.60. The van der Waals surface area contributed by atoms with Crippen LogP contribution < -0.4 is 0 Å². The van der Waals surface area contributed by atoms with E-state index in [1.54, 1.807) is 42.7 Å². The van der Waals surface area contributed by atoms with Gasteiger partial charge in [0.05, 0.1) is 0 Å². The van der Waals surface area contributed by atoms with Gasteiger partial charge in [0.15, 0.2) is 0 Å². The summed E-state index contributed by atoms with van der Waals surface area (Å²) < 4.78 is 32.5. The van der Waals surface area contributed by atoms with Crippen molar-refractivity contribution in [2.24, 2.45) is 0 Å². The van der Waals surface area contributed by atoms with Crippen LogP contribution in [0.4, 0.5) is 0 Å². The first-order valence-corrected chi connectivity index (χ1v) is 11.7. The molecule has 0 unspecified atom stereocenters. The molecule has 0 radical (unpaired) electrons. The van der Waals surface area contributed by atoms with Crippen LogP contribution in [0.25, 0.3) is 0 Å². The fraction of sp³-hybridized carbons (Fsp3) is 1.00. The van der Waals surface area contributed by atoms with E-state index in [0.717, 1.165) is 24.9 Å². The van der Waals surface area contributed by atoms with Crippen molar-refractivity contribution >= 4 is 17.6 Å². The molecule has 0 N–H and O–H groups in total. The third kappa shape index (κ3) is 7.65. The lowest BCUT2D eigenvalue weighted by atomic mass is 10.1. The average Bonchev–Trinajstić information content (AvgIpc) is 2.58. The van der Waals surface area contributed by atoms with E-state index in [9.17, 15) is 0 Å². The molecular formula is C14H34O6Si2. The molecule has 6 nitrogen and oxygen atoms in total. The van der Waals surface area contributed by atoms with Gasteiger partial charge in [-0.15, -0.1) is 0 Å². The van der Waals surface area contributed by atoms with Gasteiger partial charge in [0.25, 0.3) is 0 Å². The van der Waals surface area contributed by atoms with Crippen LogP contribution in [0.5, 0.6) is 0 Å². The van der Waals surface area contributed by atoms with Crippen molar-refractivity contribution in [1.82, 2.24) is 0 Å². The van der Waals surface area contributed by atoms with Crippen LogP contribution in [0.2, 0.25) is 12.1 Å². The van der Waals surface area contributed by atoms with Crippen molar-refractivity contribution < 1.29 is 26.6 Å². The van der Waals surface area contributed by atoms with Gasteiger partial charge in [-0.25, -0.2) is 0 Å². The molecule has 0 heterocycles. The zero-order valence-electron chi connectivity index (χ0n) is 15.1. The molecule has 0 atom stereocenters. The summed E-state index contributed by atoms with van der Waals surface area (Å²) in [5.74, 6) is 0. The molecule has 22 heavy (non-hydrogen) atoms. The maximum atomic E-state index is 5.41. The molecule has 0 aliphatic carbocycles. The van der Waals surface area contributed by atoms with Gasteiger partial charge in [0.2, 0.25) is 0 Å². The van der Waals surface area contributed by atoms with Crippen molar-refractivity contribution in [3.8, 4) is 0 Å². The van der Waals surface area contributed by atoms with Crippen molar-refractivity contribution in [3.63, 3.8) is 0 Å². The SMILES string of the molecule is CO[Si](CCCCCCCC[Si](OC)(OC)OC)(OC)OC. The van der Waals surface area contributed by atoms with Gasteiger partial charge in [-0.3, -0.25) is 0 Å². The topological polar surface area (TPSA) is 55.4 Å². The van der Waals surface area contributed by atoms with Gasteiger partial charge in [0.1, 0.15) is 0 Å². The summed E-state index contributed by atoms with van der Waals surface area (Å²) in [6.07, 6.45) is 6.92. The summed E-state index contributed by atoms with van der Waals surface area (Å²) in [5.41, 5.74) is 0. The highest BCUT2D eigenvalue weighted by Gasteiger charge is 2.37. The summed E-state index contributed by atoms with van der Waals surface area (Å²) in [6, 6.07) is 1.76. The van der Waals surface area contributed by atoms with E-state index in [2.05, 4.69) is 0 Å². The second-order valence-corrected chi connectivity index (χ2v) is 11.4. The van der Waals surface area contributed by atoms with E-state index >= 15 is 0 Å². The molecule has 0 rings (SSSR count). The van der Waals surface area contributed by atoms with Crippen LogP contribution in [0.3, 0.4) is 0 Å². The first kappa shape index (κ1) is 22.2. The van der Waals surface area contributed by atoms with E-state index in [-0.39, 0.29) is 0 Å². The number of unbranched alkanes of at least 4 members (excludes halogenated alkanes) is 5. The van der Waals surface area contributed by atoms with Crippen molar-refractivity contribution in [3.05, 3.63) is 0 Å². The Morgan fingerprint density at radius 1 is 0.409 bits per heavy atom. The molecule has 0 bridgehead atoms. The first-order chi connectivity index (χ1) is 10.6. The smallest absolute Gasteiger partial charge is 0.377 e. The van der Waals surface area contributed by atoms with Crippen LogP contribution in [0.15, 0.2) is 0 Å². The fourth-order valence-corrected chi connectivity index (χ4v) is 6.09. The van der Waals surface area contributed by atoms with Gasteiger partial charge >= 0.3 is 17.6 Å². The van der Waals surface area contributed by atoms with Gasteiger partial charge in [-0.2, -0.15) is 0 Å². The highest BCUT2D eigenvalue weighted by atomic mass is 28.4. The summed E-state index contributed by atoms with van der Waals surface area (Å²) in [6.45, 7) is 0. The van der Waals surface area contributed by atoms with E-state index in [1.165, 1.54) is 25.7 Å². The van der Waals surface area contributed by atoms with E-state index in [4.69, 9.17) is 26.6 Å². The molecule has 8 heteroatoms. The second kappa shape index (κ2) is 12.6. The Balaban J connectivity index is 3.70. The zero-order valence-corrected chi connectivity index (χ0v) is 17.1. The minimum absolute atomic E-state index is 0.879. The summed E-state index contributed by atoms with van der Waals surface area (Å²) in [5, 5.41) is 0. The lowest BCUT2D eigenvalue weighted by Gasteiger charge is -2.24. The number of hydrogen-bond acceptors (Lipinski definition) is 6. The van der Waals surface area contributed by atoms with Crippen molar-refractivity contribution in [2.75, 3.05) is 42.7 Å². The number of rotatable bonds is 15. The van der Waals surface area contributed by atoms with E-state index < -0.39 is 17.6 Å². The average molecular weight is 355 g/mol. The van der Waals surface area contributed by atoms with Crippen LogP contribution in [0, 0.1) is 0 Å². The Kier molecular flexibility index (Phi) is 12.7. The molecule has 0 aromatic rings. The van der Waals surface area contributed by atoms with Crippen LogP contribution in [-0.2, 0) is 26.6 Å². The molecule has 0 spiro atoms.